The molecule has 0 aliphatic heterocycles. The molecule has 1 N–H and O–H groups in total. The van der Waals surface area contributed by atoms with Crippen LogP contribution in [0.15, 0.2) is 54.6 Å². The van der Waals surface area contributed by atoms with Crippen molar-refractivity contribution in [3.8, 4) is 0 Å². The van der Waals surface area contributed by atoms with Crippen LogP contribution in [0, 0.1) is 5.41 Å². The lowest BCUT2D eigenvalue weighted by molar-refractivity contribution is 0.0951. The van der Waals surface area contributed by atoms with Gasteiger partial charge in [0.15, 0.2) is 0 Å². The van der Waals surface area contributed by atoms with Gasteiger partial charge in [0.25, 0.3) is 5.91 Å². The summed E-state index contributed by atoms with van der Waals surface area (Å²) in [5.41, 5.74) is 5.43. The van der Waals surface area contributed by atoms with E-state index in [9.17, 15) is 4.79 Å². The van der Waals surface area contributed by atoms with E-state index in [-0.39, 0.29) is 11.3 Å². The fourth-order valence-corrected chi connectivity index (χ4v) is 2.81. The molecule has 2 aromatic rings. The van der Waals surface area contributed by atoms with Crippen molar-refractivity contribution in [2.45, 2.75) is 34.2 Å². The molecule has 138 valence electrons. The van der Waals surface area contributed by atoms with Crippen LogP contribution < -0.4 is 10.2 Å². The fraction of sp³-hybridized carbons (Fsp3) is 0.348. The van der Waals surface area contributed by atoms with Gasteiger partial charge in [-0.2, -0.15) is 0 Å². The second-order valence-corrected chi connectivity index (χ2v) is 8.01. The molecule has 0 aromatic heterocycles. The highest BCUT2D eigenvalue weighted by atomic mass is 16.1. The minimum atomic E-state index is -0.0503. The predicted octanol–water partition coefficient (Wildman–Crippen LogP) is 5.13. The lowest BCUT2D eigenvalue weighted by Gasteiger charge is -2.15. The van der Waals surface area contributed by atoms with Crippen molar-refractivity contribution in [2.75, 3.05) is 19.0 Å². The Labute approximate surface area is 157 Å². The third-order valence-electron chi connectivity index (χ3n) is 4.16. The fourth-order valence-electron chi connectivity index (χ4n) is 2.81. The molecule has 26 heavy (non-hydrogen) atoms. The first kappa shape index (κ1) is 19.8. The van der Waals surface area contributed by atoms with Crippen LogP contribution in [0.1, 0.15) is 49.2 Å². The van der Waals surface area contributed by atoms with Crippen molar-refractivity contribution in [3.05, 3.63) is 71.3 Å². The van der Waals surface area contributed by atoms with E-state index in [0.717, 1.165) is 16.8 Å². The van der Waals surface area contributed by atoms with Crippen LogP contribution >= 0.6 is 0 Å². The summed E-state index contributed by atoms with van der Waals surface area (Å²) < 4.78 is 0. The molecule has 0 saturated carbocycles. The number of anilines is 1. The summed E-state index contributed by atoms with van der Waals surface area (Å²) in [4.78, 5) is 14.4. The molecule has 0 aliphatic rings. The van der Waals surface area contributed by atoms with E-state index in [1.54, 1.807) is 0 Å². The monoisotopic (exact) mass is 350 g/mol. The first-order chi connectivity index (χ1) is 12.2. The molecule has 0 radical (unpaired) electrons. The van der Waals surface area contributed by atoms with Gasteiger partial charge in [-0.1, -0.05) is 51.1 Å². The molecule has 1 amide bonds. The van der Waals surface area contributed by atoms with Crippen LogP contribution in [0.25, 0.3) is 5.57 Å². The van der Waals surface area contributed by atoms with Crippen LogP contribution in [-0.2, 0) is 6.54 Å². The van der Waals surface area contributed by atoms with Crippen molar-refractivity contribution >= 4 is 17.2 Å². The van der Waals surface area contributed by atoms with E-state index < -0.39 is 0 Å². The smallest absolute Gasteiger partial charge is 0.251 e. The Morgan fingerprint density at radius 1 is 0.962 bits per heavy atom. The number of benzene rings is 2. The standard InChI is InChI=1S/C23H30N2O/c1-17(15-23(2,3)4)19-9-11-20(12-10-19)22(26)24-16-18-7-13-21(14-8-18)25(5)6/h7-15H,16H2,1-6H3,(H,24,26)/b17-15+. The van der Waals surface area contributed by atoms with E-state index in [4.69, 9.17) is 0 Å². The highest BCUT2D eigenvalue weighted by Crippen LogP contribution is 2.23. The number of amides is 1. The van der Waals surface area contributed by atoms with Crippen LogP contribution in [0.5, 0.6) is 0 Å². The van der Waals surface area contributed by atoms with Gasteiger partial charge in [-0.3, -0.25) is 4.79 Å². The number of carbonyl (C=O) groups excluding carboxylic acids is 1. The molecule has 3 nitrogen and oxygen atoms in total. The summed E-state index contributed by atoms with van der Waals surface area (Å²) in [7, 11) is 4.03. The molecule has 0 heterocycles. The van der Waals surface area contributed by atoms with Crippen molar-refractivity contribution in [2.24, 2.45) is 5.41 Å². The van der Waals surface area contributed by atoms with Crippen LogP contribution in [0.2, 0.25) is 0 Å². The van der Waals surface area contributed by atoms with Crippen LogP contribution in [0.4, 0.5) is 5.69 Å². The topological polar surface area (TPSA) is 32.3 Å². The summed E-state index contributed by atoms with van der Waals surface area (Å²) in [6.07, 6.45) is 2.25. The maximum Gasteiger partial charge on any atom is 0.251 e. The molecule has 3 heteroatoms. The maximum absolute atomic E-state index is 12.4. The molecular formula is C23H30N2O. The van der Waals surface area contributed by atoms with Crippen LogP contribution in [-0.4, -0.2) is 20.0 Å². The van der Waals surface area contributed by atoms with Gasteiger partial charge in [0.1, 0.15) is 0 Å². The predicted molar refractivity (Wildman–Crippen MR) is 111 cm³/mol. The van der Waals surface area contributed by atoms with E-state index in [0.29, 0.717) is 12.1 Å². The van der Waals surface area contributed by atoms with E-state index in [1.807, 2.05) is 50.5 Å². The van der Waals surface area contributed by atoms with Crippen molar-refractivity contribution in [1.82, 2.24) is 5.32 Å². The average molecular weight is 351 g/mol. The quantitative estimate of drug-likeness (QED) is 0.810. The molecule has 0 bridgehead atoms. The van der Waals surface area contributed by atoms with E-state index in [2.05, 4.69) is 56.1 Å². The first-order valence-corrected chi connectivity index (χ1v) is 9.00. The van der Waals surface area contributed by atoms with Gasteiger partial charge >= 0.3 is 0 Å². The normalized spacial score (nSPS) is 12.0. The van der Waals surface area contributed by atoms with Gasteiger partial charge in [-0.25, -0.2) is 0 Å². The second kappa shape index (κ2) is 8.22. The highest BCUT2D eigenvalue weighted by molar-refractivity contribution is 5.94. The Balaban J connectivity index is 1.98. The van der Waals surface area contributed by atoms with Crippen molar-refractivity contribution in [1.29, 1.82) is 0 Å². The molecule has 0 saturated heterocycles. The molecule has 0 unspecified atom stereocenters. The van der Waals surface area contributed by atoms with Crippen molar-refractivity contribution < 1.29 is 4.79 Å². The van der Waals surface area contributed by atoms with Gasteiger partial charge in [-0.15, -0.1) is 0 Å². The largest absolute Gasteiger partial charge is 0.378 e. The molecule has 2 rings (SSSR count). The summed E-state index contributed by atoms with van der Waals surface area (Å²) >= 11 is 0. The summed E-state index contributed by atoms with van der Waals surface area (Å²) in [6, 6.07) is 16.0. The number of carbonyl (C=O) groups is 1. The Bertz CT molecular complexity index is 763. The number of allylic oxidation sites excluding steroid dienone is 2. The highest BCUT2D eigenvalue weighted by Gasteiger charge is 2.09. The Kier molecular flexibility index (Phi) is 6.25. The maximum atomic E-state index is 12.4. The number of hydrogen-bond donors (Lipinski definition) is 1. The van der Waals surface area contributed by atoms with Gasteiger partial charge < -0.3 is 10.2 Å². The van der Waals surface area contributed by atoms with E-state index in [1.165, 1.54) is 5.57 Å². The zero-order valence-electron chi connectivity index (χ0n) is 16.8. The number of rotatable bonds is 5. The lowest BCUT2D eigenvalue weighted by atomic mass is 9.91. The Hall–Kier alpha value is -2.55. The van der Waals surface area contributed by atoms with Gasteiger partial charge in [0.05, 0.1) is 0 Å². The zero-order chi connectivity index (χ0) is 19.3. The van der Waals surface area contributed by atoms with Gasteiger partial charge in [0, 0.05) is 31.9 Å². The molecule has 0 aliphatic carbocycles. The summed E-state index contributed by atoms with van der Waals surface area (Å²) in [6.45, 7) is 9.19. The number of hydrogen-bond acceptors (Lipinski definition) is 2. The molecular weight excluding hydrogens is 320 g/mol. The Morgan fingerprint density at radius 2 is 1.50 bits per heavy atom. The minimum Gasteiger partial charge on any atom is -0.378 e. The van der Waals surface area contributed by atoms with E-state index >= 15 is 0 Å². The van der Waals surface area contributed by atoms with Gasteiger partial charge in [-0.05, 0) is 53.3 Å². The minimum absolute atomic E-state index is 0.0503. The van der Waals surface area contributed by atoms with Crippen molar-refractivity contribution in [3.63, 3.8) is 0 Å². The third-order valence-corrected chi connectivity index (χ3v) is 4.16. The molecule has 0 fully saturated rings. The zero-order valence-corrected chi connectivity index (χ0v) is 16.8. The molecule has 2 aromatic carbocycles. The SMILES string of the molecule is C/C(=C\C(C)(C)C)c1ccc(C(=O)NCc2ccc(N(C)C)cc2)cc1. The van der Waals surface area contributed by atoms with Crippen LogP contribution in [0.3, 0.4) is 0 Å². The number of nitrogens with one attached hydrogen (secondary N) is 1. The summed E-state index contributed by atoms with van der Waals surface area (Å²) in [5.74, 6) is -0.0503. The third kappa shape index (κ3) is 5.76. The van der Waals surface area contributed by atoms with Gasteiger partial charge in [0.2, 0.25) is 0 Å². The Morgan fingerprint density at radius 3 is 2.00 bits per heavy atom. The lowest BCUT2D eigenvalue weighted by Crippen LogP contribution is -2.22. The summed E-state index contributed by atoms with van der Waals surface area (Å²) in [5, 5.41) is 2.98. The average Bonchev–Trinajstić information content (AvgIpc) is 2.58. The first-order valence-electron chi connectivity index (χ1n) is 9.00. The number of nitrogens with zero attached hydrogens (tertiary/aromatic N) is 1. The molecule has 0 atom stereocenters. The second-order valence-electron chi connectivity index (χ2n) is 8.01. The molecule has 0 spiro atoms.